The van der Waals surface area contributed by atoms with Crippen molar-refractivity contribution in [3.05, 3.63) is 41.7 Å². The maximum absolute atomic E-state index is 12.5. The molecule has 1 atom stereocenters. The Balaban J connectivity index is 1.73. The lowest BCUT2D eigenvalue weighted by atomic mass is 9.70. The van der Waals surface area contributed by atoms with Crippen molar-refractivity contribution in [2.75, 3.05) is 18.4 Å². The number of rotatable bonds is 2. The standard InChI is InChI=1S/C17H22N4O2/c1-12-18-15(23-20-12)19-16(22)21-10-9-17(2,3)14(11-21)13-7-5-4-6-8-13/h4-8,14H,9-11H2,1-3H3,(H,18,19,20,22). The zero-order chi connectivity index (χ0) is 16.4. The first-order valence-electron chi connectivity index (χ1n) is 7.87. The molecule has 2 aromatic rings. The number of hydrogen-bond donors (Lipinski definition) is 1. The van der Waals surface area contributed by atoms with Gasteiger partial charge < -0.3 is 9.42 Å². The number of urea groups is 1. The van der Waals surface area contributed by atoms with Crippen LogP contribution >= 0.6 is 0 Å². The molecule has 2 amide bonds. The monoisotopic (exact) mass is 314 g/mol. The first-order chi connectivity index (χ1) is 11.0. The first kappa shape index (κ1) is 15.5. The molecule has 1 aromatic carbocycles. The van der Waals surface area contributed by atoms with E-state index in [0.29, 0.717) is 18.3 Å². The van der Waals surface area contributed by atoms with Gasteiger partial charge in [0.2, 0.25) is 0 Å². The van der Waals surface area contributed by atoms with Crippen molar-refractivity contribution in [1.29, 1.82) is 0 Å². The van der Waals surface area contributed by atoms with Gasteiger partial charge in [0.25, 0.3) is 0 Å². The molecule has 2 heterocycles. The highest BCUT2D eigenvalue weighted by Gasteiger charge is 2.38. The minimum atomic E-state index is -0.190. The Kier molecular flexibility index (Phi) is 4.07. The highest BCUT2D eigenvalue weighted by molar-refractivity contribution is 5.87. The fourth-order valence-corrected chi connectivity index (χ4v) is 3.10. The molecule has 1 unspecified atom stereocenters. The van der Waals surface area contributed by atoms with Gasteiger partial charge in [-0.2, -0.15) is 4.98 Å². The van der Waals surface area contributed by atoms with Crippen molar-refractivity contribution < 1.29 is 9.32 Å². The van der Waals surface area contributed by atoms with E-state index in [1.54, 1.807) is 6.92 Å². The summed E-state index contributed by atoms with van der Waals surface area (Å²) in [5.41, 5.74) is 1.42. The van der Waals surface area contributed by atoms with Gasteiger partial charge >= 0.3 is 12.0 Å². The Labute approximate surface area is 135 Å². The number of nitrogens with zero attached hydrogens (tertiary/aromatic N) is 3. The zero-order valence-corrected chi connectivity index (χ0v) is 13.7. The number of benzene rings is 1. The van der Waals surface area contributed by atoms with E-state index in [4.69, 9.17) is 4.52 Å². The summed E-state index contributed by atoms with van der Waals surface area (Å²) >= 11 is 0. The lowest BCUT2D eigenvalue weighted by Crippen LogP contribution is -2.47. The molecule has 1 aliphatic rings. The van der Waals surface area contributed by atoms with Crippen LogP contribution in [0.25, 0.3) is 0 Å². The Morgan fingerprint density at radius 1 is 1.35 bits per heavy atom. The van der Waals surface area contributed by atoms with E-state index in [0.717, 1.165) is 13.0 Å². The van der Waals surface area contributed by atoms with E-state index in [1.807, 2.05) is 23.1 Å². The third-order valence-electron chi connectivity index (χ3n) is 4.60. The third kappa shape index (κ3) is 3.36. The summed E-state index contributed by atoms with van der Waals surface area (Å²) in [5.74, 6) is 0.801. The maximum atomic E-state index is 12.5. The number of aromatic nitrogens is 2. The predicted molar refractivity (Wildman–Crippen MR) is 87.2 cm³/mol. The van der Waals surface area contributed by atoms with Crippen LogP contribution in [0, 0.1) is 12.3 Å². The van der Waals surface area contributed by atoms with Crippen LogP contribution in [0.4, 0.5) is 10.8 Å². The number of amides is 2. The van der Waals surface area contributed by atoms with Crippen LogP contribution in [0.3, 0.4) is 0 Å². The van der Waals surface area contributed by atoms with E-state index in [1.165, 1.54) is 5.56 Å². The molecule has 0 aliphatic carbocycles. The molecule has 1 aromatic heterocycles. The number of hydrogen-bond acceptors (Lipinski definition) is 4. The molecule has 6 heteroatoms. The van der Waals surface area contributed by atoms with Crippen LogP contribution in [0.2, 0.25) is 0 Å². The van der Waals surface area contributed by atoms with E-state index in [9.17, 15) is 4.79 Å². The quantitative estimate of drug-likeness (QED) is 0.922. The largest absolute Gasteiger partial charge is 0.329 e. The molecule has 1 aliphatic heterocycles. The topological polar surface area (TPSA) is 71.3 Å². The average Bonchev–Trinajstić information content (AvgIpc) is 2.93. The van der Waals surface area contributed by atoms with Gasteiger partial charge in [-0.25, -0.2) is 4.79 Å². The second kappa shape index (κ2) is 6.02. The second-order valence-corrected chi connectivity index (χ2v) is 6.72. The van der Waals surface area contributed by atoms with Gasteiger partial charge in [0.1, 0.15) is 0 Å². The molecular weight excluding hydrogens is 292 g/mol. The molecule has 0 spiro atoms. The van der Waals surface area contributed by atoms with E-state index in [2.05, 4.69) is 41.4 Å². The lowest BCUT2D eigenvalue weighted by Gasteiger charge is -2.44. The first-order valence-corrected chi connectivity index (χ1v) is 7.87. The summed E-state index contributed by atoms with van der Waals surface area (Å²) < 4.78 is 4.96. The lowest BCUT2D eigenvalue weighted by molar-refractivity contribution is 0.123. The number of aryl methyl sites for hydroxylation is 1. The number of nitrogens with one attached hydrogen (secondary N) is 1. The van der Waals surface area contributed by atoms with Gasteiger partial charge in [0, 0.05) is 19.0 Å². The van der Waals surface area contributed by atoms with Gasteiger partial charge in [0.05, 0.1) is 0 Å². The van der Waals surface area contributed by atoms with E-state index in [-0.39, 0.29) is 17.5 Å². The van der Waals surface area contributed by atoms with Gasteiger partial charge in [-0.3, -0.25) is 5.32 Å². The molecule has 23 heavy (non-hydrogen) atoms. The third-order valence-corrected chi connectivity index (χ3v) is 4.60. The number of carbonyl (C=O) groups excluding carboxylic acids is 1. The summed E-state index contributed by atoms with van der Waals surface area (Å²) in [6.45, 7) is 7.64. The summed E-state index contributed by atoms with van der Waals surface area (Å²) in [4.78, 5) is 18.3. The molecule has 1 N–H and O–H groups in total. The molecule has 1 fully saturated rings. The molecule has 6 nitrogen and oxygen atoms in total. The fraction of sp³-hybridized carbons (Fsp3) is 0.471. The van der Waals surface area contributed by atoms with Crippen LogP contribution in [-0.2, 0) is 0 Å². The summed E-state index contributed by atoms with van der Waals surface area (Å²) in [6.07, 6.45) is 0.947. The van der Waals surface area contributed by atoms with Gasteiger partial charge in [-0.1, -0.05) is 49.3 Å². The van der Waals surface area contributed by atoms with Crippen LogP contribution in [0.15, 0.2) is 34.9 Å². The molecule has 1 saturated heterocycles. The zero-order valence-electron chi connectivity index (χ0n) is 13.7. The van der Waals surface area contributed by atoms with Crippen molar-refractivity contribution in [1.82, 2.24) is 15.0 Å². The van der Waals surface area contributed by atoms with Crippen molar-refractivity contribution in [3.63, 3.8) is 0 Å². The fourth-order valence-electron chi connectivity index (χ4n) is 3.10. The maximum Gasteiger partial charge on any atom is 0.329 e. The van der Waals surface area contributed by atoms with Crippen molar-refractivity contribution >= 4 is 12.0 Å². The highest BCUT2D eigenvalue weighted by atomic mass is 16.5. The minimum Gasteiger partial charge on any atom is -0.324 e. The van der Waals surface area contributed by atoms with Crippen molar-refractivity contribution in [3.8, 4) is 0 Å². The minimum absolute atomic E-state index is 0.147. The van der Waals surface area contributed by atoms with E-state index >= 15 is 0 Å². The Bertz CT molecular complexity index is 681. The average molecular weight is 314 g/mol. The Morgan fingerprint density at radius 2 is 2.09 bits per heavy atom. The molecule has 0 radical (unpaired) electrons. The predicted octanol–water partition coefficient (Wildman–Crippen LogP) is 3.43. The van der Waals surface area contributed by atoms with Crippen LogP contribution < -0.4 is 5.32 Å². The SMILES string of the molecule is Cc1noc(NC(=O)N2CCC(C)(C)C(c3ccccc3)C2)n1. The van der Waals surface area contributed by atoms with Gasteiger partial charge in [0.15, 0.2) is 5.82 Å². The molecular formula is C17H22N4O2. The van der Waals surface area contributed by atoms with Crippen molar-refractivity contribution in [2.24, 2.45) is 5.41 Å². The molecule has 0 bridgehead atoms. The molecule has 122 valence electrons. The summed E-state index contributed by atoms with van der Waals surface area (Å²) in [7, 11) is 0. The smallest absolute Gasteiger partial charge is 0.324 e. The summed E-state index contributed by atoms with van der Waals surface area (Å²) in [6, 6.07) is 10.3. The number of anilines is 1. The van der Waals surface area contributed by atoms with Crippen LogP contribution in [-0.4, -0.2) is 34.2 Å². The van der Waals surface area contributed by atoms with Crippen molar-refractivity contribution in [2.45, 2.75) is 33.1 Å². The van der Waals surface area contributed by atoms with Gasteiger partial charge in [-0.05, 0) is 24.3 Å². The Hall–Kier alpha value is -2.37. The normalized spacial score (nSPS) is 20.3. The Morgan fingerprint density at radius 3 is 2.74 bits per heavy atom. The number of piperidine rings is 1. The molecule has 0 saturated carbocycles. The van der Waals surface area contributed by atoms with Crippen LogP contribution in [0.5, 0.6) is 0 Å². The number of carbonyl (C=O) groups is 1. The highest BCUT2D eigenvalue weighted by Crippen LogP contribution is 2.42. The van der Waals surface area contributed by atoms with E-state index < -0.39 is 0 Å². The van der Waals surface area contributed by atoms with Gasteiger partial charge in [-0.15, -0.1) is 0 Å². The second-order valence-electron chi connectivity index (χ2n) is 6.72. The van der Waals surface area contributed by atoms with Crippen LogP contribution in [0.1, 0.15) is 37.6 Å². The molecule has 3 rings (SSSR count). The summed E-state index contributed by atoms with van der Waals surface area (Å²) in [5, 5.41) is 6.36. The number of likely N-dealkylation sites (tertiary alicyclic amines) is 1.